The zero-order valence-electron chi connectivity index (χ0n) is 8.96. The molecule has 1 aromatic rings. The Balaban J connectivity index is 1.85. The third kappa shape index (κ3) is 1.42. The van der Waals surface area contributed by atoms with Crippen molar-refractivity contribution in [2.45, 2.75) is 30.7 Å². The summed E-state index contributed by atoms with van der Waals surface area (Å²) in [6, 6.07) is 2.80. The van der Waals surface area contributed by atoms with Gasteiger partial charge in [0.05, 0.1) is 18.6 Å². The normalized spacial score (nSPS) is 29.7. The molecule has 0 saturated carbocycles. The van der Waals surface area contributed by atoms with Crippen LogP contribution < -0.4 is 5.32 Å². The third-order valence-corrected chi connectivity index (χ3v) is 3.87. The molecule has 0 amide bonds. The lowest BCUT2D eigenvalue weighted by atomic mass is 9.71. The minimum atomic E-state index is 0.250. The second-order valence-corrected chi connectivity index (χ2v) is 4.75. The van der Waals surface area contributed by atoms with E-state index in [4.69, 9.17) is 4.74 Å². The Morgan fingerprint density at radius 3 is 2.80 bits per heavy atom. The van der Waals surface area contributed by atoms with Crippen molar-refractivity contribution in [3.8, 4) is 0 Å². The maximum Gasteiger partial charge on any atom is 0.0601 e. The number of aromatic nitrogens is 1. The number of nitrogens with one attached hydrogen (secondary N) is 2. The molecule has 1 unspecified atom stereocenters. The van der Waals surface area contributed by atoms with Gasteiger partial charge in [0.25, 0.3) is 0 Å². The van der Waals surface area contributed by atoms with Gasteiger partial charge in [0.1, 0.15) is 0 Å². The molecule has 2 fully saturated rings. The highest BCUT2D eigenvalue weighted by Gasteiger charge is 2.47. The van der Waals surface area contributed by atoms with Crippen LogP contribution in [-0.4, -0.2) is 30.8 Å². The van der Waals surface area contributed by atoms with E-state index in [-0.39, 0.29) is 5.41 Å². The second-order valence-electron chi connectivity index (χ2n) is 4.75. The first-order valence-electron chi connectivity index (χ1n) is 5.86. The van der Waals surface area contributed by atoms with E-state index in [2.05, 4.69) is 22.6 Å². The van der Waals surface area contributed by atoms with Crippen LogP contribution in [0.4, 0.5) is 0 Å². The Bertz CT molecular complexity index is 310. The molecule has 2 aliphatic rings. The molecule has 2 aliphatic heterocycles. The van der Waals surface area contributed by atoms with E-state index >= 15 is 0 Å². The van der Waals surface area contributed by atoms with E-state index < -0.39 is 0 Å². The molecule has 0 radical (unpaired) electrons. The summed E-state index contributed by atoms with van der Waals surface area (Å²) < 4.78 is 5.46. The SMILES string of the molecule is c1cc(C2(C3CCCCN3)COC2)c[nH]1. The van der Waals surface area contributed by atoms with Gasteiger partial charge in [0, 0.05) is 18.4 Å². The predicted molar refractivity (Wildman–Crippen MR) is 58.9 cm³/mol. The number of hydrogen-bond acceptors (Lipinski definition) is 2. The van der Waals surface area contributed by atoms with Crippen molar-refractivity contribution in [3.63, 3.8) is 0 Å². The van der Waals surface area contributed by atoms with E-state index in [1.165, 1.54) is 24.8 Å². The molecule has 0 aliphatic carbocycles. The molecule has 82 valence electrons. The summed E-state index contributed by atoms with van der Waals surface area (Å²) in [6.45, 7) is 2.92. The van der Waals surface area contributed by atoms with Crippen LogP contribution in [0.25, 0.3) is 0 Å². The lowest BCUT2D eigenvalue weighted by Gasteiger charge is -2.48. The van der Waals surface area contributed by atoms with Gasteiger partial charge in [-0.3, -0.25) is 0 Å². The molecule has 2 saturated heterocycles. The highest BCUT2D eigenvalue weighted by molar-refractivity contribution is 5.28. The first-order chi connectivity index (χ1) is 7.42. The van der Waals surface area contributed by atoms with Crippen molar-refractivity contribution >= 4 is 0 Å². The first kappa shape index (κ1) is 9.43. The Labute approximate surface area is 90.2 Å². The monoisotopic (exact) mass is 206 g/mol. The Morgan fingerprint density at radius 1 is 1.33 bits per heavy atom. The van der Waals surface area contributed by atoms with Crippen LogP contribution in [0.2, 0.25) is 0 Å². The predicted octanol–water partition coefficient (Wildman–Crippen LogP) is 1.42. The quantitative estimate of drug-likeness (QED) is 0.768. The number of piperidine rings is 1. The summed E-state index contributed by atoms with van der Waals surface area (Å²) in [5, 5.41) is 3.66. The topological polar surface area (TPSA) is 37.0 Å². The number of hydrogen-bond donors (Lipinski definition) is 2. The van der Waals surface area contributed by atoms with Crippen molar-refractivity contribution in [1.82, 2.24) is 10.3 Å². The van der Waals surface area contributed by atoms with Crippen molar-refractivity contribution in [2.75, 3.05) is 19.8 Å². The lowest BCUT2D eigenvalue weighted by molar-refractivity contribution is -0.0826. The Morgan fingerprint density at radius 2 is 2.27 bits per heavy atom. The van der Waals surface area contributed by atoms with Gasteiger partial charge in [0.15, 0.2) is 0 Å². The number of ether oxygens (including phenoxy) is 1. The molecular formula is C12H18N2O. The maximum absolute atomic E-state index is 5.46. The van der Waals surface area contributed by atoms with Crippen LogP contribution in [0.1, 0.15) is 24.8 Å². The van der Waals surface area contributed by atoms with Crippen molar-refractivity contribution in [1.29, 1.82) is 0 Å². The average Bonchev–Trinajstić information content (AvgIpc) is 2.72. The number of H-pyrrole nitrogens is 1. The van der Waals surface area contributed by atoms with Gasteiger partial charge in [-0.1, -0.05) is 6.42 Å². The van der Waals surface area contributed by atoms with Crippen LogP contribution in [0, 0.1) is 0 Å². The lowest BCUT2D eigenvalue weighted by Crippen LogP contribution is -2.61. The fourth-order valence-electron chi connectivity index (χ4n) is 2.85. The maximum atomic E-state index is 5.46. The van der Waals surface area contributed by atoms with Crippen LogP contribution in [0.3, 0.4) is 0 Å². The van der Waals surface area contributed by atoms with Gasteiger partial charge in [-0.25, -0.2) is 0 Å². The average molecular weight is 206 g/mol. The van der Waals surface area contributed by atoms with E-state index in [1.807, 2.05) is 6.20 Å². The molecule has 3 heteroatoms. The summed E-state index contributed by atoms with van der Waals surface area (Å²) in [5.41, 5.74) is 1.66. The molecule has 0 bridgehead atoms. The summed E-state index contributed by atoms with van der Waals surface area (Å²) in [5.74, 6) is 0. The van der Waals surface area contributed by atoms with E-state index in [9.17, 15) is 0 Å². The highest BCUT2D eigenvalue weighted by Crippen LogP contribution is 2.38. The van der Waals surface area contributed by atoms with E-state index in [0.717, 1.165) is 19.8 Å². The molecule has 15 heavy (non-hydrogen) atoms. The first-order valence-corrected chi connectivity index (χ1v) is 5.86. The van der Waals surface area contributed by atoms with Crippen molar-refractivity contribution < 1.29 is 4.74 Å². The van der Waals surface area contributed by atoms with Crippen molar-refractivity contribution in [2.24, 2.45) is 0 Å². The van der Waals surface area contributed by atoms with Gasteiger partial charge < -0.3 is 15.0 Å². The molecular weight excluding hydrogens is 188 g/mol. The molecule has 2 N–H and O–H groups in total. The van der Waals surface area contributed by atoms with Gasteiger partial charge in [-0.15, -0.1) is 0 Å². The largest absolute Gasteiger partial charge is 0.379 e. The fraction of sp³-hybridized carbons (Fsp3) is 0.667. The minimum Gasteiger partial charge on any atom is -0.379 e. The van der Waals surface area contributed by atoms with E-state index in [0.29, 0.717) is 6.04 Å². The zero-order valence-corrected chi connectivity index (χ0v) is 8.96. The molecule has 1 atom stereocenters. The van der Waals surface area contributed by atoms with Crippen molar-refractivity contribution in [3.05, 3.63) is 24.0 Å². The molecule has 0 spiro atoms. The molecule has 3 heterocycles. The highest BCUT2D eigenvalue weighted by atomic mass is 16.5. The number of aromatic amines is 1. The molecule has 1 aromatic heterocycles. The van der Waals surface area contributed by atoms with Crippen LogP contribution in [0.15, 0.2) is 18.5 Å². The van der Waals surface area contributed by atoms with Gasteiger partial charge in [-0.05, 0) is 31.0 Å². The zero-order chi connectivity index (χ0) is 10.1. The second kappa shape index (κ2) is 3.65. The van der Waals surface area contributed by atoms with Gasteiger partial charge in [-0.2, -0.15) is 0 Å². The molecule has 3 rings (SSSR count). The summed E-state index contributed by atoms with van der Waals surface area (Å²) in [4.78, 5) is 3.16. The van der Waals surface area contributed by atoms with Gasteiger partial charge >= 0.3 is 0 Å². The summed E-state index contributed by atoms with van der Waals surface area (Å²) in [7, 11) is 0. The summed E-state index contributed by atoms with van der Waals surface area (Å²) in [6.07, 6.45) is 8.09. The van der Waals surface area contributed by atoms with E-state index in [1.54, 1.807) is 0 Å². The standard InChI is InChI=1S/C12H18N2O/c1-2-5-14-11(3-1)12(8-15-9-12)10-4-6-13-7-10/h4,6-7,11,13-14H,1-3,5,8-9H2. The van der Waals surface area contributed by atoms with Gasteiger partial charge in [0.2, 0.25) is 0 Å². The fourth-order valence-corrected chi connectivity index (χ4v) is 2.85. The molecule has 0 aromatic carbocycles. The minimum absolute atomic E-state index is 0.250. The Kier molecular flexibility index (Phi) is 2.29. The Hall–Kier alpha value is -0.800. The van der Waals surface area contributed by atoms with Crippen LogP contribution >= 0.6 is 0 Å². The van der Waals surface area contributed by atoms with Crippen LogP contribution in [0.5, 0.6) is 0 Å². The smallest absolute Gasteiger partial charge is 0.0601 e. The number of rotatable bonds is 2. The van der Waals surface area contributed by atoms with Crippen LogP contribution in [-0.2, 0) is 10.2 Å². The molecule has 3 nitrogen and oxygen atoms in total. The summed E-state index contributed by atoms with van der Waals surface area (Å²) >= 11 is 0. The third-order valence-electron chi connectivity index (χ3n) is 3.87.